The summed E-state index contributed by atoms with van der Waals surface area (Å²) in [6, 6.07) is 1.98. The molecule has 0 atom stereocenters. The first-order valence-corrected chi connectivity index (χ1v) is 7.40. The standard InChI is InChI=1S/C13H14BrF3N2O/c14-8-12(5-1-2-6-12)19-11(20)10-4-3-9(7-18-10)13(15,16)17/h3-4,7H,1-2,5-6,8H2,(H,19,20). The zero-order chi connectivity index (χ0) is 14.8. The molecule has 1 heterocycles. The van der Waals surface area contributed by atoms with Crippen molar-refractivity contribution in [1.29, 1.82) is 0 Å². The van der Waals surface area contributed by atoms with E-state index < -0.39 is 17.6 Å². The minimum Gasteiger partial charge on any atom is -0.344 e. The van der Waals surface area contributed by atoms with Crippen molar-refractivity contribution in [2.75, 3.05) is 5.33 Å². The summed E-state index contributed by atoms with van der Waals surface area (Å²) in [5.41, 5.74) is -1.16. The Kier molecular flexibility index (Phi) is 4.36. The Balaban J connectivity index is 2.10. The number of nitrogens with one attached hydrogen (secondary N) is 1. The number of hydrogen-bond acceptors (Lipinski definition) is 2. The highest BCUT2D eigenvalue weighted by atomic mass is 79.9. The highest BCUT2D eigenvalue weighted by molar-refractivity contribution is 9.09. The lowest BCUT2D eigenvalue weighted by Gasteiger charge is -2.27. The van der Waals surface area contributed by atoms with Crippen LogP contribution in [0.1, 0.15) is 41.7 Å². The fraction of sp³-hybridized carbons (Fsp3) is 0.538. The van der Waals surface area contributed by atoms with Crippen molar-refractivity contribution in [1.82, 2.24) is 10.3 Å². The molecule has 1 N–H and O–H groups in total. The van der Waals surface area contributed by atoms with Gasteiger partial charge in [-0.15, -0.1) is 0 Å². The van der Waals surface area contributed by atoms with Crippen LogP contribution in [-0.2, 0) is 6.18 Å². The van der Waals surface area contributed by atoms with Crippen molar-refractivity contribution < 1.29 is 18.0 Å². The third kappa shape index (κ3) is 3.31. The smallest absolute Gasteiger partial charge is 0.344 e. The van der Waals surface area contributed by atoms with Crippen molar-refractivity contribution in [3.8, 4) is 0 Å². The number of rotatable bonds is 3. The number of pyridine rings is 1. The van der Waals surface area contributed by atoms with E-state index in [2.05, 4.69) is 26.2 Å². The Hall–Kier alpha value is -1.11. The monoisotopic (exact) mass is 350 g/mol. The van der Waals surface area contributed by atoms with Gasteiger partial charge in [0.2, 0.25) is 0 Å². The van der Waals surface area contributed by atoms with Crippen LogP contribution in [0.25, 0.3) is 0 Å². The highest BCUT2D eigenvalue weighted by Crippen LogP contribution is 2.32. The maximum Gasteiger partial charge on any atom is 0.417 e. The molecule has 0 spiro atoms. The average molecular weight is 351 g/mol. The van der Waals surface area contributed by atoms with Crippen LogP contribution in [-0.4, -0.2) is 21.8 Å². The number of nitrogens with zero attached hydrogens (tertiary/aromatic N) is 1. The van der Waals surface area contributed by atoms with Crippen LogP contribution >= 0.6 is 15.9 Å². The summed E-state index contributed by atoms with van der Waals surface area (Å²) in [7, 11) is 0. The van der Waals surface area contributed by atoms with E-state index >= 15 is 0 Å². The molecule has 2 rings (SSSR count). The maximum absolute atomic E-state index is 12.4. The number of aromatic nitrogens is 1. The van der Waals surface area contributed by atoms with E-state index in [0.29, 0.717) is 11.5 Å². The number of alkyl halides is 4. The summed E-state index contributed by atoms with van der Waals surface area (Å²) in [5.74, 6) is -0.430. The SMILES string of the molecule is O=C(NC1(CBr)CCCC1)c1ccc(C(F)(F)F)cn1. The average Bonchev–Trinajstić information content (AvgIpc) is 2.87. The van der Waals surface area contributed by atoms with Gasteiger partial charge in [0.05, 0.1) is 11.1 Å². The third-order valence-corrected chi connectivity index (χ3v) is 4.59. The second kappa shape index (κ2) is 5.71. The first kappa shape index (κ1) is 15.3. The van der Waals surface area contributed by atoms with Gasteiger partial charge < -0.3 is 5.32 Å². The zero-order valence-electron chi connectivity index (χ0n) is 10.6. The minimum atomic E-state index is -4.44. The van der Waals surface area contributed by atoms with Gasteiger partial charge in [-0.05, 0) is 25.0 Å². The summed E-state index contributed by atoms with van der Waals surface area (Å²) in [4.78, 5) is 15.7. The minimum absolute atomic E-state index is 0.00484. The molecule has 0 bridgehead atoms. The number of halogens is 4. The molecule has 0 radical (unpaired) electrons. The maximum atomic E-state index is 12.4. The van der Waals surface area contributed by atoms with Gasteiger partial charge in [0.1, 0.15) is 5.69 Å². The Morgan fingerprint density at radius 3 is 2.45 bits per heavy atom. The van der Waals surface area contributed by atoms with E-state index in [1.54, 1.807) is 0 Å². The van der Waals surface area contributed by atoms with Gasteiger partial charge in [-0.1, -0.05) is 28.8 Å². The molecule has 0 aliphatic heterocycles. The molecular formula is C13H14BrF3N2O. The van der Waals surface area contributed by atoms with Gasteiger partial charge >= 0.3 is 6.18 Å². The van der Waals surface area contributed by atoms with E-state index in [0.717, 1.165) is 37.8 Å². The molecule has 1 amide bonds. The van der Waals surface area contributed by atoms with Crippen LogP contribution < -0.4 is 5.32 Å². The molecule has 1 aromatic rings. The zero-order valence-corrected chi connectivity index (χ0v) is 12.2. The van der Waals surface area contributed by atoms with Crippen LogP contribution in [0.2, 0.25) is 0 Å². The molecule has 0 saturated heterocycles. The lowest BCUT2D eigenvalue weighted by Crippen LogP contribution is -2.48. The summed E-state index contributed by atoms with van der Waals surface area (Å²) < 4.78 is 37.3. The van der Waals surface area contributed by atoms with Crippen molar-refractivity contribution >= 4 is 21.8 Å². The summed E-state index contributed by atoms with van der Waals surface area (Å²) in [5, 5.41) is 3.52. The van der Waals surface area contributed by atoms with Crippen molar-refractivity contribution in [3.05, 3.63) is 29.6 Å². The first-order valence-electron chi connectivity index (χ1n) is 6.28. The number of carbonyl (C=O) groups is 1. The van der Waals surface area contributed by atoms with Crippen LogP contribution in [0, 0.1) is 0 Å². The quantitative estimate of drug-likeness (QED) is 0.847. The Labute approximate surface area is 123 Å². The second-order valence-electron chi connectivity index (χ2n) is 5.01. The summed E-state index contributed by atoms with van der Waals surface area (Å²) in [6.07, 6.45) is 0.0444. The molecule has 3 nitrogen and oxygen atoms in total. The predicted octanol–water partition coefficient (Wildman–Crippen LogP) is 3.54. The van der Waals surface area contributed by atoms with Gasteiger partial charge in [0, 0.05) is 11.5 Å². The van der Waals surface area contributed by atoms with E-state index in [1.807, 2.05) is 0 Å². The molecule has 7 heteroatoms. The predicted molar refractivity (Wildman–Crippen MR) is 71.7 cm³/mol. The lowest BCUT2D eigenvalue weighted by molar-refractivity contribution is -0.137. The van der Waals surface area contributed by atoms with Crippen LogP contribution in [0.3, 0.4) is 0 Å². The van der Waals surface area contributed by atoms with E-state index in [4.69, 9.17) is 0 Å². The van der Waals surface area contributed by atoms with Gasteiger partial charge in [0.15, 0.2) is 0 Å². The van der Waals surface area contributed by atoms with Crippen LogP contribution in [0.5, 0.6) is 0 Å². The Morgan fingerprint density at radius 1 is 1.35 bits per heavy atom. The molecule has 1 aliphatic carbocycles. The molecule has 1 saturated carbocycles. The fourth-order valence-corrected chi connectivity index (χ4v) is 3.05. The molecule has 1 fully saturated rings. The molecule has 20 heavy (non-hydrogen) atoms. The van der Waals surface area contributed by atoms with Crippen molar-refractivity contribution in [2.24, 2.45) is 0 Å². The molecular weight excluding hydrogens is 337 g/mol. The summed E-state index contributed by atoms with van der Waals surface area (Å²) in [6.45, 7) is 0. The molecule has 1 aromatic heterocycles. The third-order valence-electron chi connectivity index (χ3n) is 3.52. The highest BCUT2D eigenvalue weighted by Gasteiger charge is 2.35. The number of amides is 1. The normalized spacial score (nSPS) is 18.0. The number of hydrogen-bond donors (Lipinski definition) is 1. The topological polar surface area (TPSA) is 42.0 Å². The van der Waals surface area contributed by atoms with Gasteiger partial charge in [0.25, 0.3) is 5.91 Å². The Bertz CT molecular complexity index is 481. The van der Waals surface area contributed by atoms with Gasteiger partial charge in [-0.2, -0.15) is 13.2 Å². The van der Waals surface area contributed by atoms with Gasteiger partial charge in [-0.25, -0.2) is 0 Å². The van der Waals surface area contributed by atoms with E-state index in [-0.39, 0.29) is 11.2 Å². The number of carbonyl (C=O) groups excluding carboxylic acids is 1. The Morgan fingerprint density at radius 2 is 2.00 bits per heavy atom. The largest absolute Gasteiger partial charge is 0.417 e. The van der Waals surface area contributed by atoms with Crippen LogP contribution in [0.4, 0.5) is 13.2 Å². The van der Waals surface area contributed by atoms with Crippen LogP contribution in [0.15, 0.2) is 18.3 Å². The summed E-state index contributed by atoms with van der Waals surface area (Å²) >= 11 is 3.39. The van der Waals surface area contributed by atoms with Crippen molar-refractivity contribution in [2.45, 2.75) is 37.4 Å². The van der Waals surface area contributed by atoms with Crippen molar-refractivity contribution in [3.63, 3.8) is 0 Å². The molecule has 0 unspecified atom stereocenters. The second-order valence-corrected chi connectivity index (χ2v) is 5.57. The lowest BCUT2D eigenvalue weighted by atomic mass is 10.0. The molecule has 110 valence electrons. The fourth-order valence-electron chi connectivity index (χ4n) is 2.34. The molecule has 1 aliphatic rings. The van der Waals surface area contributed by atoms with Gasteiger partial charge in [-0.3, -0.25) is 9.78 Å². The van der Waals surface area contributed by atoms with E-state index in [1.165, 1.54) is 0 Å². The first-order chi connectivity index (χ1) is 9.36. The molecule has 0 aromatic carbocycles. The van der Waals surface area contributed by atoms with E-state index in [9.17, 15) is 18.0 Å².